The third-order valence-electron chi connectivity index (χ3n) is 2.66. The van der Waals surface area contributed by atoms with Crippen molar-refractivity contribution < 1.29 is 40.7 Å². The average molecular weight is 397 g/mol. The van der Waals surface area contributed by atoms with E-state index in [-0.39, 0.29) is 5.56 Å². The van der Waals surface area contributed by atoms with Gasteiger partial charge < -0.3 is 10.1 Å². The van der Waals surface area contributed by atoms with E-state index in [0.717, 1.165) is 24.3 Å². The number of amides is 3. The Labute approximate surface area is 145 Å². The van der Waals surface area contributed by atoms with Gasteiger partial charge in [0, 0.05) is 7.05 Å². The van der Waals surface area contributed by atoms with Crippen LogP contribution in [-0.4, -0.2) is 52.7 Å². The van der Waals surface area contributed by atoms with Crippen molar-refractivity contribution in [1.29, 1.82) is 0 Å². The van der Waals surface area contributed by atoms with Gasteiger partial charge in [-0.3, -0.25) is 10.1 Å². The molecule has 0 aliphatic heterocycles. The number of carbonyl (C=O) groups is 3. The van der Waals surface area contributed by atoms with Gasteiger partial charge >= 0.3 is 18.2 Å². The summed E-state index contributed by atoms with van der Waals surface area (Å²) >= 11 is 0. The second-order valence-corrected chi connectivity index (χ2v) is 6.44. The second kappa shape index (κ2) is 8.62. The van der Waals surface area contributed by atoms with Gasteiger partial charge in [-0.05, 0) is 18.2 Å². The number of sulfonamides is 1. The summed E-state index contributed by atoms with van der Waals surface area (Å²) in [6, 6.07) is 3.20. The minimum atomic E-state index is -4.75. The average Bonchev–Trinajstić information content (AvgIpc) is 2.57. The zero-order chi connectivity index (χ0) is 20.0. The molecule has 0 unspecified atom stereocenters. The van der Waals surface area contributed by atoms with Crippen molar-refractivity contribution in [3.8, 4) is 0 Å². The molecule has 3 amide bonds. The van der Waals surface area contributed by atoms with E-state index in [1.165, 1.54) is 11.8 Å². The summed E-state index contributed by atoms with van der Waals surface area (Å²) in [5.74, 6) is -2.04. The molecule has 0 bridgehead atoms. The maximum absolute atomic E-state index is 12.1. The van der Waals surface area contributed by atoms with Gasteiger partial charge in [0.2, 0.25) is 10.0 Å². The van der Waals surface area contributed by atoms with Crippen LogP contribution >= 0.6 is 0 Å². The highest BCUT2D eigenvalue weighted by atomic mass is 32.2. The smallest absolute Gasteiger partial charge is 0.402 e. The van der Waals surface area contributed by atoms with Crippen LogP contribution in [0.4, 0.5) is 18.0 Å². The first-order valence-electron chi connectivity index (χ1n) is 6.80. The zero-order valence-corrected chi connectivity index (χ0v) is 14.0. The summed E-state index contributed by atoms with van der Waals surface area (Å²) < 4.78 is 65.9. The molecule has 1 aromatic rings. The zero-order valence-electron chi connectivity index (χ0n) is 13.2. The van der Waals surface area contributed by atoms with Gasteiger partial charge in [0.15, 0.2) is 6.61 Å². The molecule has 0 radical (unpaired) electrons. The van der Waals surface area contributed by atoms with E-state index in [9.17, 15) is 36.0 Å². The van der Waals surface area contributed by atoms with E-state index in [4.69, 9.17) is 0 Å². The number of carbonyl (C=O) groups excluding carboxylic acids is 3. The normalized spacial score (nSPS) is 11.5. The quantitative estimate of drug-likeness (QED) is 0.586. The number of rotatable bonds is 6. The molecule has 26 heavy (non-hydrogen) atoms. The Morgan fingerprint density at radius 3 is 2.42 bits per heavy atom. The Morgan fingerprint density at radius 2 is 1.85 bits per heavy atom. The third kappa shape index (κ3) is 7.06. The van der Waals surface area contributed by atoms with Crippen molar-refractivity contribution in [1.82, 2.24) is 15.4 Å². The topological polar surface area (TPSA) is 131 Å². The summed E-state index contributed by atoms with van der Waals surface area (Å²) in [4.78, 5) is 33.4. The lowest BCUT2D eigenvalue weighted by atomic mass is 10.2. The standard InChI is InChI=1S/C13H14F3N3O6S/c1-17-12(22)19-10(20)6-25-11(21)8-3-2-4-9(5-8)26(23,24)18-7-13(14,15)16/h2-5,18H,6-7H2,1H3,(H2,17,19,20,22). The summed E-state index contributed by atoms with van der Waals surface area (Å²) in [5, 5.41) is 3.92. The summed E-state index contributed by atoms with van der Waals surface area (Å²) in [5.41, 5.74) is -0.312. The Balaban J connectivity index is 2.78. The Kier molecular flexibility index (Phi) is 7.09. The third-order valence-corrected chi connectivity index (χ3v) is 4.06. The van der Waals surface area contributed by atoms with Gasteiger partial charge in [-0.15, -0.1) is 0 Å². The van der Waals surface area contributed by atoms with Crippen LogP contribution in [0.3, 0.4) is 0 Å². The first-order chi connectivity index (χ1) is 11.9. The van der Waals surface area contributed by atoms with E-state index < -0.39 is 52.2 Å². The van der Waals surface area contributed by atoms with Crippen LogP contribution in [0.1, 0.15) is 10.4 Å². The summed E-state index contributed by atoms with van der Waals surface area (Å²) in [7, 11) is -3.25. The molecular formula is C13H14F3N3O6S. The molecule has 0 heterocycles. The lowest BCUT2D eigenvalue weighted by molar-refractivity contribution is -0.123. The largest absolute Gasteiger partial charge is 0.452 e. The van der Waals surface area contributed by atoms with E-state index in [1.807, 2.05) is 5.32 Å². The number of nitrogens with one attached hydrogen (secondary N) is 3. The van der Waals surface area contributed by atoms with Gasteiger partial charge in [-0.1, -0.05) is 6.07 Å². The van der Waals surface area contributed by atoms with E-state index in [2.05, 4.69) is 10.1 Å². The number of hydrogen-bond acceptors (Lipinski definition) is 6. The maximum atomic E-state index is 12.1. The predicted molar refractivity (Wildman–Crippen MR) is 80.6 cm³/mol. The van der Waals surface area contributed by atoms with Crippen molar-refractivity contribution in [2.75, 3.05) is 20.2 Å². The number of esters is 1. The van der Waals surface area contributed by atoms with Gasteiger partial charge in [0.05, 0.1) is 10.5 Å². The molecular weight excluding hydrogens is 383 g/mol. The molecule has 1 aromatic carbocycles. The second-order valence-electron chi connectivity index (χ2n) is 4.67. The van der Waals surface area contributed by atoms with Crippen LogP contribution in [-0.2, 0) is 19.6 Å². The van der Waals surface area contributed by atoms with Crippen molar-refractivity contribution in [3.63, 3.8) is 0 Å². The monoisotopic (exact) mass is 397 g/mol. The highest BCUT2D eigenvalue weighted by Gasteiger charge is 2.30. The first kappa shape index (κ1) is 21.4. The highest BCUT2D eigenvalue weighted by Crippen LogP contribution is 2.16. The van der Waals surface area contributed by atoms with Crippen LogP contribution in [0, 0.1) is 0 Å². The van der Waals surface area contributed by atoms with Crippen LogP contribution in [0.2, 0.25) is 0 Å². The summed E-state index contributed by atoms with van der Waals surface area (Å²) in [6.45, 7) is -2.60. The van der Waals surface area contributed by atoms with Crippen LogP contribution in [0.5, 0.6) is 0 Å². The van der Waals surface area contributed by atoms with Gasteiger partial charge in [0.1, 0.15) is 6.54 Å². The molecule has 0 saturated carbocycles. The number of hydrogen-bond donors (Lipinski definition) is 3. The number of urea groups is 1. The van der Waals surface area contributed by atoms with E-state index in [0.29, 0.717) is 0 Å². The number of halogens is 3. The number of benzene rings is 1. The van der Waals surface area contributed by atoms with Crippen LogP contribution < -0.4 is 15.4 Å². The summed E-state index contributed by atoms with van der Waals surface area (Å²) in [6.07, 6.45) is -4.75. The SMILES string of the molecule is CNC(=O)NC(=O)COC(=O)c1cccc(S(=O)(=O)NCC(F)(F)F)c1. The molecule has 0 aromatic heterocycles. The Bertz CT molecular complexity index is 795. The van der Waals surface area contributed by atoms with Crippen LogP contribution in [0.25, 0.3) is 0 Å². The number of imide groups is 1. The van der Waals surface area contributed by atoms with E-state index >= 15 is 0 Å². The van der Waals surface area contributed by atoms with Gasteiger partial charge in [0.25, 0.3) is 5.91 Å². The highest BCUT2D eigenvalue weighted by molar-refractivity contribution is 7.89. The lowest BCUT2D eigenvalue weighted by Crippen LogP contribution is -2.39. The molecule has 0 spiro atoms. The molecule has 144 valence electrons. The van der Waals surface area contributed by atoms with Crippen molar-refractivity contribution in [2.45, 2.75) is 11.1 Å². The van der Waals surface area contributed by atoms with E-state index in [1.54, 1.807) is 0 Å². The molecule has 3 N–H and O–H groups in total. The molecule has 1 rings (SSSR count). The minimum Gasteiger partial charge on any atom is -0.452 e. The van der Waals surface area contributed by atoms with Crippen molar-refractivity contribution in [2.24, 2.45) is 0 Å². The first-order valence-corrected chi connectivity index (χ1v) is 8.28. The van der Waals surface area contributed by atoms with Crippen LogP contribution in [0.15, 0.2) is 29.2 Å². The molecule has 13 heteroatoms. The van der Waals surface area contributed by atoms with Gasteiger partial charge in [-0.25, -0.2) is 22.7 Å². The molecule has 0 atom stereocenters. The Morgan fingerprint density at radius 1 is 1.19 bits per heavy atom. The lowest BCUT2D eigenvalue weighted by Gasteiger charge is -2.10. The maximum Gasteiger partial charge on any atom is 0.402 e. The van der Waals surface area contributed by atoms with Crippen molar-refractivity contribution >= 4 is 27.9 Å². The van der Waals surface area contributed by atoms with Gasteiger partial charge in [-0.2, -0.15) is 13.2 Å². The number of alkyl halides is 3. The fourth-order valence-corrected chi connectivity index (χ4v) is 2.55. The molecule has 0 saturated heterocycles. The fraction of sp³-hybridized carbons (Fsp3) is 0.308. The fourth-order valence-electron chi connectivity index (χ4n) is 1.49. The Hall–Kier alpha value is -2.67. The minimum absolute atomic E-state index is 0.312. The molecule has 9 nitrogen and oxygen atoms in total. The predicted octanol–water partition coefficient (Wildman–Crippen LogP) is 0.140. The molecule has 0 aliphatic rings. The van der Waals surface area contributed by atoms with Crippen molar-refractivity contribution in [3.05, 3.63) is 29.8 Å². The molecule has 0 fully saturated rings. The number of ether oxygens (including phenoxy) is 1. The molecule has 0 aliphatic carbocycles.